The van der Waals surface area contributed by atoms with Gasteiger partial charge in [-0.1, -0.05) is 6.07 Å². The standard InChI is InChI=1S/C18H21N5O3/c1-13-6-5-7-15-20-16(21-8-3-2-4-9-21)14(17(24)23(13)15)12-19-22-10-11-26-18(22)25/h5-7,12H,2-4,8-11H2,1H3/b19-12+. The zero-order valence-electron chi connectivity index (χ0n) is 14.7. The summed E-state index contributed by atoms with van der Waals surface area (Å²) < 4.78 is 6.46. The second-order valence-electron chi connectivity index (χ2n) is 6.54. The molecule has 0 spiro atoms. The summed E-state index contributed by atoms with van der Waals surface area (Å²) in [5.74, 6) is 0.636. The first-order valence-corrected chi connectivity index (χ1v) is 8.91. The third-order valence-corrected chi connectivity index (χ3v) is 4.78. The van der Waals surface area contributed by atoms with Crippen molar-refractivity contribution in [3.63, 3.8) is 0 Å². The molecule has 0 radical (unpaired) electrons. The molecule has 26 heavy (non-hydrogen) atoms. The van der Waals surface area contributed by atoms with Crippen LogP contribution < -0.4 is 10.5 Å². The average Bonchev–Trinajstić information content (AvgIpc) is 3.06. The number of aromatic nitrogens is 2. The Kier molecular flexibility index (Phi) is 4.32. The van der Waals surface area contributed by atoms with Crippen LogP contribution in [0.5, 0.6) is 0 Å². The first kappa shape index (κ1) is 16.6. The predicted octanol–water partition coefficient (Wildman–Crippen LogP) is 1.78. The lowest BCUT2D eigenvalue weighted by Gasteiger charge is -2.29. The third kappa shape index (κ3) is 2.91. The summed E-state index contributed by atoms with van der Waals surface area (Å²) in [4.78, 5) is 31.7. The van der Waals surface area contributed by atoms with E-state index in [-0.39, 0.29) is 5.56 Å². The van der Waals surface area contributed by atoms with E-state index in [1.807, 2.05) is 25.1 Å². The number of nitrogens with zero attached hydrogens (tertiary/aromatic N) is 5. The summed E-state index contributed by atoms with van der Waals surface area (Å²) in [6.07, 6.45) is 4.29. The molecule has 2 aromatic heterocycles. The Labute approximate surface area is 150 Å². The Balaban J connectivity index is 1.85. The molecular weight excluding hydrogens is 334 g/mol. The average molecular weight is 355 g/mol. The molecular formula is C18H21N5O3. The van der Waals surface area contributed by atoms with Crippen LogP contribution in [0.15, 0.2) is 28.1 Å². The molecule has 2 aromatic rings. The summed E-state index contributed by atoms with van der Waals surface area (Å²) >= 11 is 0. The molecule has 1 amide bonds. The normalized spacial score (nSPS) is 18.1. The molecule has 8 nitrogen and oxygen atoms in total. The second-order valence-corrected chi connectivity index (χ2v) is 6.54. The highest BCUT2D eigenvalue weighted by molar-refractivity contribution is 5.87. The van der Waals surface area contributed by atoms with E-state index in [9.17, 15) is 9.59 Å². The van der Waals surface area contributed by atoms with E-state index < -0.39 is 6.09 Å². The number of ether oxygens (including phenoxy) is 1. The molecule has 0 aliphatic carbocycles. The molecule has 0 N–H and O–H groups in total. The quantitative estimate of drug-likeness (QED) is 0.784. The highest BCUT2D eigenvalue weighted by Gasteiger charge is 2.23. The zero-order valence-corrected chi connectivity index (χ0v) is 14.7. The number of pyridine rings is 1. The van der Waals surface area contributed by atoms with E-state index in [0.29, 0.717) is 30.2 Å². The molecule has 0 unspecified atom stereocenters. The maximum absolute atomic E-state index is 13.2. The lowest BCUT2D eigenvalue weighted by Crippen LogP contribution is -2.34. The van der Waals surface area contributed by atoms with Gasteiger partial charge in [0.2, 0.25) is 0 Å². The van der Waals surface area contributed by atoms with Gasteiger partial charge in [-0.25, -0.2) is 9.78 Å². The molecule has 0 atom stereocenters. The lowest BCUT2D eigenvalue weighted by atomic mass is 10.1. The van der Waals surface area contributed by atoms with E-state index in [0.717, 1.165) is 31.6 Å². The fraction of sp³-hybridized carbons (Fsp3) is 0.444. The largest absolute Gasteiger partial charge is 0.446 e. The number of hydrazone groups is 1. The van der Waals surface area contributed by atoms with Gasteiger partial charge in [-0.2, -0.15) is 10.1 Å². The molecule has 0 aromatic carbocycles. The second kappa shape index (κ2) is 6.78. The van der Waals surface area contributed by atoms with Crippen molar-refractivity contribution in [2.75, 3.05) is 31.1 Å². The highest BCUT2D eigenvalue weighted by Crippen LogP contribution is 2.20. The summed E-state index contributed by atoms with van der Waals surface area (Å²) in [6, 6.07) is 5.60. The monoisotopic (exact) mass is 355 g/mol. The van der Waals surface area contributed by atoms with Crippen molar-refractivity contribution in [2.24, 2.45) is 5.10 Å². The van der Waals surface area contributed by atoms with Gasteiger partial charge in [-0.15, -0.1) is 0 Å². The number of carbonyl (C=O) groups is 1. The van der Waals surface area contributed by atoms with Gasteiger partial charge in [0.1, 0.15) is 23.6 Å². The number of rotatable bonds is 3. The van der Waals surface area contributed by atoms with Crippen LogP contribution in [0.25, 0.3) is 5.65 Å². The van der Waals surface area contributed by atoms with Crippen LogP contribution in [-0.4, -0.2) is 52.9 Å². The van der Waals surface area contributed by atoms with Crippen LogP contribution in [0, 0.1) is 6.92 Å². The number of fused-ring (bicyclic) bond motifs is 1. The van der Waals surface area contributed by atoms with Gasteiger partial charge in [0.05, 0.1) is 12.8 Å². The molecule has 2 aliphatic heterocycles. The van der Waals surface area contributed by atoms with Gasteiger partial charge in [-0.05, 0) is 38.3 Å². The van der Waals surface area contributed by atoms with Crippen molar-refractivity contribution in [1.82, 2.24) is 14.4 Å². The Bertz CT molecular complexity index is 930. The predicted molar refractivity (Wildman–Crippen MR) is 97.9 cm³/mol. The number of aryl methyl sites for hydroxylation is 1. The number of piperidine rings is 1. The Morgan fingerprint density at radius 2 is 1.96 bits per heavy atom. The van der Waals surface area contributed by atoms with Crippen molar-refractivity contribution in [1.29, 1.82) is 0 Å². The molecule has 8 heteroatoms. The van der Waals surface area contributed by atoms with Crippen LogP contribution >= 0.6 is 0 Å². The molecule has 2 fully saturated rings. The van der Waals surface area contributed by atoms with Gasteiger partial charge >= 0.3 is 6.09 Å². The minimum Gasteiger partial charge on any atom is -0.446 e. The lowest BCUT2D eigenvalue weighted by molar-refractivity contribution is 0.159. The van der Waals surface area contributed by atoms with Gasteiger partial charge in [0, 0.05) is 18.8 Å². The first-order valence-electron chi connectivity index (χ1n) is 8.91. The van der Waals surface area contributed by atoms with E-state index in [1.165, 1.54) is 17.6 Å². The highest BCUT2D eigenvalue weighted by atomic mass is 16.6. The van der Waals surface area contributed by atoms with E-state index >= 15 is 0 Å². The van der Waals surface area contributed by atoms with E-state index in [4.69, 9.17) is 9.72 Å². The van der Waals surface area contributed by atoms with Gasteiger partial charge < -0.3 is 9.64 Å². The van der Waals surface area contributed by atoms with Gasteiger partial charge in [0.15, 0.2) is 0 Å². The molecule has 0 saturated carbocycles. The van der Waals surface area contributed by atoms with E-state index in [2.05, 4.69) is 10.0 Å². The summed E-state index contributed by atoms with van der Waals surface area (Å²) in [5.41, 5.74) is 1.65. The van der Waals surface area contributed by atoms with E-state index in [1.54, 1.807) is 4.40 Å². The van der Waals surface area contributed by atoms with Crippen molar-refractivity contribution in [3.8, 4) is 0 Å². The van der Waals surface area contributed by atoms with Crippen molar-refractivity contribution in [2.45, 2.75) is 26.2 Å². The molecule has 136 valence electrons. The van der Waals surface area contributed by atoms with Crippen molar-refractivity contribution >= 4 is 23.8 Å². The number of amides is 1. The Morgan fingerprint density at radius 3 is 2.69 bits per heavy atom. The number of anilines is 1. The number of carbonyl (C=O) groups excluding carboxylic acids is 1. The minimum atomic E-state index is -0.495. The van der Waals surface area contributed by atoms with Gasteiger partial charge in [0.25, 0.3) is 5.56 Å². The SMILES string of the molecule is Cc1cccc2nc(N3CCCCC3)c(/C=N/N3CCOC3=O)c(=O)n12. The topological polar surface area (TPSA) is 79.5 Å². The van der Waals surface area contributed by atoms with Crippen molar-refractivity contribution < 1.29 is 9.53 Å². The van der Waals surface area contributed by atoms with Crippen molar-refractivity contribution in [3.05, 3.63) is 39.8 Å². The van der Waals surface area contributed by atoms with Crippen LogP contribution in [-0.2, 0) is 4.74 Å². The zero-order chi connectivity index (χ0) is 18.1. The van der Waals surface area contributed by atoms with Crippen LogP contribution in [0.4, 0.5) is 10.6 Å². The van der Waals surface area contributed by atoms with Crippen LogP contribution in [0.2, 0.25) is 0 Å². The Morgan fingerprint density at radius 1 is 1.15 bits per heavy atom. The maximum atomic E-state index is 13.2. The molecule has 4 rings (SSSR count). The molecule has 0 bridgehead atoms. The summed E-state index contributed by atoms with van der Waals surface area (Å²) in [5, 5.41) is 5.41. The molecule has 2 aliphatic rings. The summed E-state index contributed by atoms with van der Waals surface area (Å²) in [7, 11) is 0. The maximum Gasteiger partial charge on any atom is 0.430 e. The fourth-order valence-electron chi connectivity index (χ4n) is 3.42. The fourth-order valence-corrected chi connectivity index (χ4v) is 3.42. The number of hydrogen-bond acceptors (Lipinski definition) is 6. The minimum absolute atomic E-state index is 0.176. The number of cyclic esters (lactones) is 1. The third-order valence-electron chi connectivity index (χ3n) is 4.78. The molecule has 4 heterocycles. The first-order chi connectivity index (χ1) is 12.6. The smallest absolute Gasteiger partial charge is 0.430 e. The van der Waals surface area contributed by atoms with Crippen LogP contribution in [0.1, 0.15) is 30.5 Å². The Hall–Kier alpha value is -2.90. The van der Waals surface area contributed by atoms with Gasteiger partial charge in [-0.3, -0.25) is 9.20 Å². The van der Waals surface area contributed by atoms with Crippen LogP contribution in [0.3, 0.4) is 0 Å². The number of hydrogen-bond donors (Lipinski definition) is 0. The molecule has 2 saturated heterocycles. The summed E-state index contributed by atoms with van der Waals surface area (Å²) in [6.45, 7) is 4.29.